The molecule has 0 saturated carbocycles. The van der Waals surface area contributed by atoms with Gasteiger partial charge in [0.05, 0.1) is 10.6 Å². The minimum Gasteiger partial charge on any atom is -0.478 e. The predicted octanol–water partition coefficient (Wildman–Crippen LogP) is 5.23. The summed E-state index contributed by atoms with van der Waals surface area (Å²) >= 11 is 10.6. The fourth-order valence-corrected chi connectivity index (χ4v) is 3.41. The van der Waals surface area contributed by atoms with Crippen LogP contribution in [0.4, 0.5) is 4.39 Å². The summed E-state index contributed by atoms with van der Waals surface area (Å²) in [7, 11) is 0. The van der Waals surface area contributed by atoms with Crippen LogP contribution in [0.5, 0.6) is 0 Å². The summed E-state index contributed by atoms with van der Waals surface area (Å²) in [5.41, 5.74) is 1.19. The molecule has 0 aliphatic heterocycles. The molecule has 0 aliphatic carbocycles. The molecule has 0 aliphatic rings. The van der Waals surface area contributed by atoms with Gasteiger partial charge in [-0.3, -0.25) is 0 Å². The number of halogens is 3. The van der Waals surface area contributed by atoms with Crippen LogP contribution in [-0.2, 0) is 5.75 Å². The number of carboxylic acids is 1. The van der Waals surface area contributed by atoms with Crippen molar-refractivity contribution in [2.75, 3.05) is 0 Å². The molecule has 0 spiro atoms. The van der Waals surface area contributed by atoms with E-state index in [1.165, 1.54) is 17.8 Å². The third-order valence-corrected chi connectivity index (χ3v) is 4.66. The van der Waals surface area contributed by atoms with Gasteiger partial charge in [0, 0.05) is 15.1 Å². The second-order valence-electron chi connectivity index (χ2n) is 3.98. The van der Waals surface area contributed by atoms with E-state index in [0.717, 1.165) is 14.9 Å². The number of hydrogen-bond acceptors (Lipinski definition) is 2. The van der Waals surface area contributed by atoms with E-state index in [-0.39, 0.29) is 10.6 Å². The van der Waals surface area contributed by atoms with Gasteiger partial charge in [-0.05, 0) is 35.9 Å². The molecule has 0 heterocycles. The van der Waals surface area contributed by atoms with Crippen LogP contribution in [0, 0.1) is 5.82 Å². The number of carbonyl (C=O) groups is 1. The third-order valence-electron chi connectivity index (χ3n) is 2.59. The number of rotatable bonds is 4. The van der Waals surface area contributed by atoms with Crippen LogP contribution in [0.25, 0.3) is 0 Å². The van der Waals surface area contributed by atoms with Crippen molar-refractivity contribution >= 4 is 45.3 Å². The van der Waals surface area contributed by atoms with E-state index < -0.39 is 11.8 Å². The van der Waals surface area contributed by atoms with Gasteiger partial charge >= 0.3 is 5.97 Å². The average molecular weight is 376 g/mol. The molecule has 1 N–H and O–H groups in total. The van der Waals surface area contributed by atoms with Gasteiger partial charge in [0.1, 0.15) is 5.82 Å². The number of thioether (sulfide) groups is 1. The van der Waals surface area contributed by atoms with Crippen molar-refractivity contribution < 1.29 is 14.3 Å². The Balaban J connectivity index is 2.10. The van der Waals surface area contributed by atoms with Crippen molar-refractivity contribution in [3.05, 3.63) is 62.8 Å². The SMILES string of the molecule is O=C(O)c1ccc(CSc2ccc(F)c(Cl)c2)c(Br)c1. The quantitative estimate of drug-likeness (QED) is 0.743. The highest BCUT2D eigenvalue weighted by Crippen LogP contribution is 2.29. The molecule has 2 aromatic carbocycles. The van der Waals surface area contributed by atoms with E-state index in [2.05, 4.69) is 15.9 Å². The summed E-state index contributed by atoms with van der Waals surface area (Å²) in [5.74, 6) is -0.777. The van der Waals surface area contributed by atoms with E-state index in [1.807, 2.05) is 0 Å². The lowest BCUT2D eigenvalue weighted by atomic mass is 10.1. The molecule has 0 bridgehead atoms. The van der Waals surface area contributed by atoms with Crippen molar-refractivity contribution in [2.24, 2.45) is 0 Å². The zero-order valence-electron chi connectivity index (χ0n) is 10.1. The van der Waals surface area contributed by atoms with Gasteiger partial charge in [-0.15, -0.1) is 11.8 Å². The van der Waals surface area contributed by atoms with E-state index in [4.69, 9.17) is 16.7 Å². The highest BCUT2D eigenvalue weighted by atomic mass is 79.9. The van der Waals surface area contributed by atoms with Crippen LogP contribution in [0.3, 0.4) is 0 Å². The van der Waals surface area contributed by atoms with Crippen LogP contribution in [0.15, 0.2) is 45.8 Å². The van der Waals surface area contributed by atoms with E-state index >= 15 is 0 Å². The maximum atomic E-state index is 13.0. The first-order valence-electron chi connectivity index (χ1n) is 5.57. The average Bonchev–Trinajstić information content (AvgIpc) is 2.41. The molecule has 0 atom stereocenters. The second kappa shape index (κ2) is 6.61. The highest BCUT2D eigenvalue weighted by molar-refractivity contribution is 9.10. The van der Waals surface area contributed by atoms with Crippen LogP contribution < -0.4 is 0 Å². The predicted molar refractivity (Wildman–Crippen MR) is 82.1 cm³/mol. The van der Waals surface area contributed by atoms with Gasteiger partial charge in [0.15, 0.2) is 0 Å². The Hall–Kier alpha value is -1.04. The Bertz CT molecular complexity index is 664. The zero-order valence-corrected chi connectivity index (χ0v) is 13.2. The van der Waals surface area contributed by atoms with Crippen LogP contribution in [-0.4, -0.2) is 11.1 Å². The summed E-state index contributed by atoms with van der Waals surface area (Å²) in [5, 5.41) is 8.98. The van der Waals surface area contributed by atoms with Crippen molar-refractivity contribution in [3.63, 3.8) is 0 Å². The Morgan fingerprint density at radius 1 is 1.30 bits per heavy atom. The lowest BCUT2D eigenvalue weighted by Gasteiger charge is -2.06. The number of hydrogen-bond donors (Lipinski definition) is 1. The Kier molecular flexibility index (Phi) is 5.07. The maximum Gasteiger partial charge on any atom is 0.335 e. The topological polar surface area (TPSA) is 37.3 Å². The zero-order chi connectivity index (χ0) is 14.7. The largest absolute Gasteiger partial charge is 0.478 e. The van der Waals surface area contributed by atoms with Crippen molar-refractivity contribution in [2.45, 2.75) is 10.6 Å². The van der Waals surface area contributed by atoms with Crippen molar-refractivity contribution in [1.29, 1.82) is 0 Å². The molecule has 2 rings (SSSR count). The van der Waals surface area contributed by atoms with E-state index in [0.29, 0.717) is 5.75 Å². The molecular weight excluding hydrogens is 367 g/mol. The first kappa shape index (κ1) is 15.4. The van der Waals surface area contributed by atoms with Crippen LogP contribution in [0.1, 0.15) is 15.9 Å². The second-order valence-corrected chi connectivity index (χ2v) is 6.29. The minimum absolute atomic E-state index is 0.0929. The Morgan fingerprint density at radius 3 is 2.65 bits per heavy atom. The standard InChI is InChI=1S/C14H9BrClFO2S/c15-11-5-8(14(18)19)1-2-9(11)7-20-10-3-4-13(17)12(16)6-10/h1-6H,7H2,(H,18,19). The molecule has 0 unspecified atom stereocenters. The first-order valence-corrected chi connectivity index (χ1v) is 7.72. The number of benzene rings is 2. The van der Waals surface area contributed by atoms with Gasteiger partial charge in [-0.2, -0.15) is 0 Å². The summed E-state index contributed by atoms with van der Waals surface area (Å²) in [4.78, 5) is 11.7. The summed E-state index contributed by atoms with van der Waals surface area (Å²) < 4.78 is 13.8. The van der Waals surface area contributed by atoms with Gasteiger partial charge in [0.25, 0.3) is 0 Å². The van der Waals surface area contributed by atoms with Crippen molar-refractivity contribution in [3.8, 4) is 0 Å². The fraction of sp³-hybridized carbons (Fsp3) is 0.0714. The molecule has 0 radical (unpaired) electrons. The molecule has 0 aromatic heterocycles. The van der Waals surface area contributed by atoms with Crippen molar-refractivity contribution in [1.82, 2.24) is 0 Å². The smallest absolute Gasteiger partial charge is 0.335 e. The van der Waals surface area contributed by atoms with Crippen LogP contribution in [0.2, 0.25) is 5.02 Å². The summed E-state index contributed by atoms with van der Waals surface area (Å²) in [6.45, 7) is 0. The molecule has 0 saturated heterocycles. The lowest BCUT2D eigenvalue weighted by molar-refractivity contribution is 0.0697. The molecule has 2 nitrogen and oxygen atoms in total. The van der Waals surface area contributed by atoms with Gasteiger partial charge in [-0.25, -0.2) is 9.18 Å². The number of carboxylic acid groups (broad SMARTS) is 1. The first-order chi connectivity index (χ1) is 9.47. The monoisotopic (exact) mass is 374 g/mol. The molecule has 6 heteroatoms. The Labute approximate surface area is 133 Å². The van der Waals surface area contributed by atoms with Gasteiger partial charge in [0.2, 0.25) is 0 Å². The highest BCUT2D eigenvalue weighted by Gasteiger charge is 2.08. The lowest BCUT2D eigenvalue weighted by Crippen LogP contribution is -1.96. The normalized spacial score (nSPS) is 10.6. The molecule has 104 valence electrons. The van der Waals surface area contributed by atoms with E-state index in [9.17, 15) is 9.18 Å². The summed E-state index contributed by atoms with van der Waals surface area (Å²) in [6.07, 6.45) is 0. The molecule has 0 amide bonds. The fourth-order valence-electron chi connectivity index (χ4n) is 1.53. The molecule has 0 fully saturated rings. The van der Waals surface area contributed by atoms with Gasteiger partial charge in [-0.1, -0.05) is 33.6 Å². The molecule has 2 aromatic rings. The minimum atomic E-state index is -0.963. The van der Waals surface area contributed by atoms with Gasteiger partial charge < -0.3 is 5.11 Å². The summed E-state index contributed by atoms with van der Waals surface area (Å²) in [6, 6.07) is 9.43. The van der Waals surface area contributed by atoms with E-state index in [1.54, 1.807) is 30.3 Å². The number of aromatic carboxylic acids is 1. The third kappa shape index (κ3) is 3.75. The maximum absolute atomic E-state index is 13.0. The Morgan fingerprint density at radius 2 is 2.05 bits per heavy atom. The van der Waals surface area contributed by atoms with Crippen LogP contribution >= 0.6 is 39.3 Å². The molecular formula is C14H9BrClFO2S. The molecule has 20 heavy (non-hydrogen) atoms.